The van der Waals surface area contributed by atoms with Crippen LogP contribution in [0.15, 0.2) is 0 Å². The standard InChI is InChI=1S/C10H11F6N3O2/c1-3(20)5(4(2)21)6-17-7(9(11,12)13)19-8(18-6)10(14,15)16/h3-5,20-21H,1-2H3. The smallest absolute Gasteiger partial charge is 0.393 e. The fourth-order valence-electron chi connectivity index (χ4n) is 1.63. The molecule has 0 aliphatic rings. The van der Waals surface area contributed by atoms with Gasteiger partial charge in [0.25, 0.3) is 0 Å². The second kappa shape index (κ2) is 5.72. The number of rotatable bonds is 3. The Bertz CT molecular complexity index is 460. The Morgan fingerprint density at radius 2 is 1.10 bits per heavy atom. The number of aliphatic hydroxyl groups excluding tert-OH is 2. The zero-order valence-corrected chi connectivity index (χ0v) is 10.7. The van der Waals surface area contributed by atoms with Crippen molar-refractivity contribution in [3.05, 3.63) is 17.5 Å². The molecule has 0 saturated heterocycles. The summed E-state index contributed by atoms with van der Waals surface area (Å²) < 4.78 is 75.3. The maximum absolute atomic E-state index is 12.6. The van der Waals surface area contributed by atoms with Crippen molar-refractivity contribution in [3.63, 3.8) is 0 Å². The summed E-state index contributed by atoms with van der Waals surface area (Å²) in [6.45, 7) is 2.17. The summed E-state index contributed by atoms with van der Waals surface area (Å²) in [4.78, 5) is 8.13. The van der Waals surface area contributed by atoms with E-state index in [2.05, 4.69) is 15.0 Å². The third-order valence-corrected chi connectivity index (χ3v) is 2.50. The first kappa shape index (κ1) is 17.6. The topological polar surface area (TPSA) is 79.1 Å². The molecule has 120 valence electrons. The molecule has 1 aromatic heterocycles. The Hall–Kier alpha value is -1.49. The molecule has 1 rings (SSSR count). The van der Waals surface area contributed by atoms with Crippen molar-refractivity contribution >= 4 is 0 Å². The average molecular weight is 319 g/mol. The minimum Gasteiger partial charge on any atom is -0.393 e. The summed E-state index contributed by atoms with van der Waals surface area (Å²) >= 11 is 0. The molecule has 1 aromatic rings. The quantitative estimate of drug-likeness (QED) is 0.830. The number of aliphatic hydroxyl groups is 2. The second-order valence-corrected chi connectivity index (χ2v) is 4.34. The van der Waals surface area contributed by atoms with Gasteiger partial charge in [0, 0.05) is 0 Å². The van der Waals surface area contributed by atoms with E-state index < -0.39 is 48.0 Å². The number of alkyl halides is 6. The van der Waals surface area contributed by atoms with Gasteiger partial charge in [-0.05, 0) is 13.8 Å². The first-order valence-electron chi connectivity index (χ1n) is 5.60. The molecule has 0 saturated carbocycles. The van der Waals surface area contributed by atoms with Gasteiger partial charge in [-0.25, -0.2) is 15.0 Å². The number of aromatic nitrogens is 3. The van der Waals surface area contributed by atoms with Crippen LogP contribution < -0.4 is 0 Å². The summed E-state index contributed by atoms with van der Waals surface area (Å²) in [6.07, 6.45) is -13.4. The van der Waals surface area contributed by atoms with Crippen molar-refractivity contribution in [1.82, 2.24) is 15.0 Å². The van der Waals surface area contributed by atoms with Gasteiger partial charge in [0.1, 0.15) is 5.82 Å². The Morgan fingerprint density at radius 1 is 0.762 bits per heavy atom. The van der Waals surface area contributed by atoms with E-state index in [-0.39, 0.29) is 0 Å². The molecule has 0 fully saturated rings. The van der Waals surface area contributed by atoms with Gasteiger partial charge in [0.15, 0.2) is 0 Å². The van der Waals surface area contributed by atoms with Crippen molar-refractivity contribution in [2.45, 2.75) is 44.3 Å². The fourth-order valence-corrected chi connectivity index (χ4v) is 1.63. The van der Waals surface area contributed by atoms with Crippen molar-refractivity contribution in [2.75, 3.05) is 0 Å². The summed E-state index contributed by atoms with van der Waals surface area (Å²) in [5, 5.41) is 18.8. The van der Waals surface area contributed by atoms with Gasteiger partial charge in [0.2, 0.25) is 11.6 Å². The summed E-state index contributed by atoms with van der Waals surface area (Å²) in [5.74, 6) is -6.57. The first-order chi connectivity index (χ1) is 9.34. The van der Waals surface area contributed by atoms with E-state index in [1.165, 1.54) is 0 Å². The molecular weight excluding hydrogens is 308 g/mol. The normalized spacial score (nSPS) is 17.4. The second-order valence-electron chi connectivity index (χ2n) is 4.34. The minimum absolute atomic E-state index is 0.977. The maximum Gasteiger partial charge on any atom is 0.451 e. The largest absolute Gasteiger partial charge is 0.451 e. The van der Waals surface area contributed by atoms with Crippen LogP contribution in [0.3, 0.4) is 0 Å². The molecule has 0 bridgehead atoms. The Labute approximate surface area is 114 Å². The van der Waals surface area contributed by atoms with Crippen LogP contribution in [0.2, 0.25) is 0 Å². The van der Waals surface area contributed by atoms with E-state index in [4.69, 9.17) is 0 Å². The Balaban J connectivity index is 3.51. The van der Waals surface area contributed by atoms with Gasteiger partial charge in [-0.15, -0.1) is 0 Å². The van der Waals surface area contributed by atoms with Gasteiger partial charge in [-0.3, -0.25) is 0 Å². The number of nitrogens with zero attached hydrogens (tertiary/aromatic N) is 3. The van der Waals surface area contributed by atoms with Gasteiger partial charge < -0.3 is 10.2 Å². The van der Waals surface area contributed by atoms with Crippen molar-refractivity contribution in [3.8, 4) is 0 Å². The lowest BCUT2D eigenvalue weighted by Crippen LogP contribution is -2.30. The SMILES string of the molecule is CC(O)C(c1nc(C(F)(F)F)nc(C(F)(F)F)n1)C(C)O. The predicted molar refractivity (Wildman–Crippen MR) is 55.9 cm³/mol. The molecule has 0 radical (unpaired) electrons. The highest BCUT2D eigenvalue weighted by atomic mass is 19.4. The first-order valence-corrected chi connectivity index (χ1v) is 5.60. The molecular formula is C10H11F6N3O2. The molecule has 0 aromatic carbocycles. The van der Waals surface area contributed by atoms with Crippen LogP contribution in [0.1, 0.15) is 37.2 Å². The molecule has 1 heterocycles. The van der Waals surface area contributed by atoms with Crippen LogP contribution in [0.25, 0.3) is 0 Å². The van der Waals surface area contributed by atoms with Crippen LogP contribution in [0.4, 0.5) is 26.3 Å². The van der Waals surface area contributed by atoms with Gasteiger partial charge in [0.05, 0.1) is 18.1 Å². The highest BCUT2D eigenvalue weighted by Gasteiger charge is 2.42. The zero-order chi connectivity index (χ0) is 16.6. The summed E-state index contributed by atoms with van der Waals surface area (Å²) in [6, 6.07) is 0. The Morgan fingerprint density at radius 3 is 1.33 bits per heavy atom. The molecule has 2 atom stereocenters. The lowest BCUT2D eigenvalue weighted by molar-refractivity contribution is -0.155. The van der Waals surface area contributed by atoms with E-state index in [0.717, 1.165) is 13.8 Å². The minimum atomic E-state index is -5.22. The lowest BCUT2D eigenvalue weighted by Gasteiger charge is -2.22. The molecule has 11 heteroatoms. The van der Waals surface area contributed by atoms with Gasteiger partial charge >= 0.3 is 12.4 Å². The third-order valence-electron chi connectivity index (χ3n) is 2.50. The molecule has 0 amide bonds. The number of hydrogen-bond acceptors (Lipinski definition) is 5. The zero-order valence-electron chi connectivity index (χ0n) is 10.7. The Kier molecular flexibility index (Phi) is 4.78. The van der Waals surface area contributed by atoms with Crippen molar-refractivity contribution in [2.24, 2.45) is 0 Å². The van der Waals surface area contributed by atoms with Crippen LogP contribution in [-0.2, 0) is 12.4 Å². The number of hydrogen-bond donors (Lipinski definition) is 2. The van der Waals surface area contributed by atoms with E-state index in [1.807, 2.05) is 0 Å². The van der Waals surface area contributed by atoms with Crippen LogP contribution in [0.5, 0.6) is 0 Å². The molecule has 0 aliphatic carbocycles. The van der Waals surface area contributed by atoms with Crippen molar-refractivity contribution in [1.29, 1.82) is 0 Å². The number of halogens is 6. The molecule has 5 nitrogen and oxygen atoms in total. The monoisotopic (exact) mass is 319 g/mol. The van der Waals surface area contributed by atoms with Crippen LogP contribution in [-0.4, -0.2) is 37.4 Å². The van der Waals surface area contributed by atoms with E-state index in [0.29, 0.717) is 0 Å². The average Bonchev–Trinajstić information content (AvgIpc) is 2.25. The van der Waals surface area contributed by atoms with E-state index >= 15 is 0 Å². The van der Waals surface area contributed by atoms with E-state index in [9.17, 15) is 36.6 Å². The molecule has 21 heavy (non-hydrogen) atoms. The molecule has 0 aliphatic heterocycles. The predicted octanol–water partition coefficient (Wildman–Crippen LogP) is 1.75. The molecule has 2 N–H and O–H groups in total. The highest BCUT2D eigenvalue weighted by Crippen LogP contribution is 2.32. The van der Waals surface area contributed by atoms with Crippen LogP contribution in [0, 0.1) is 0 Å². The molecule has 0 spiro atoms. The lowest BCUT2D eigenvalue weighted by atomic mass is 9.97. The highest BCUT2D eigenvalue weighted by molar-refractivity contribution is 5.09. The third kappa shape index (κ3) is 4.24. The maximum atomic E-state index is 12.6. The van der Waals surface area contributed by atoms with Crippen LogP contribution >= 0.6 is 0 Å². The van der Waals surface area contributed by atoms with E-state index in [1.54, 1.807) is 0 Å². The fraction of sp³-hybridized carbons (Fsp3) is 0.700. The summed E-state index contributed by atoms with van der Waals surface area (Å²) in [5.41, 5.74) is 0. The van der Waals surface area contributed by atoms with Crippen molar-refractivity contribution < 1.29 is 36.6 Å². The summed E-state index contributed by atoms with van der Waals surface area (Å²) in [7, 11) is 0. The molecule has 2 unspecified atom stereocenters. The van der Waals surface area contributed by atoms with Gasteiger partial charge in [-0.1, -0.05) is 0 Å². The van der Waals surface area contributed by atoms with Gasteiger partial charge in [-0.2, -0.15) is 26.3 Å².